The first-order valence-corrected chi connectivity index (χ1v) is 15.2. The first-order chi connectivity index (χ1) is 20.2. The number of hydrogen-bond donors (Lipinski definition) is 0. The summed E-state index contributed by atoms with van der Waals surface area (Å²) in [7, 11) is 0. The lowest BCUT2D eigenvalue weighted by Gasteiger charge is -2.07. The molecule has 0 radical (unpaired) electrons. The van der Waals surface area contributed by atoms with E-state index in [9.17, 15) is 4.79 Å². The molecule has 0 saturated heterocycles. The number of carbonyl (C=O) groups excluding carboxylic acids is 1. The van der Waals surface area contributed by atoms with Gasteiger partial charge in [-0.2, -0.15) is 0 Å². The van der Waals surface area contributed by atoms with E-state index in [1.165, 1.54) is 69.8 Å². The van der Waals surface area contributed by atoms with Crippen LogP contribution in [-0.4, -0.2) is 25.9 Å². The van der Waals surface area contributed by atoms with E-state index in [1.54, 1.807) is 24.3 Å². The molecule has 0 atom stereocenters. The maximum atomic E-state index is 12.7. The number of aromatic nitrogens is 4. The minimum atomic E-state index is -0.414. The minimum absolute atomic E-state index is 0.414. The van der Waals surface area contributed by atoms with Crippen molar-refractivity contribution >= 4 is 5.97 Å². The summed E-state index contributed by atoms with van der Waals surface area (Å²) < 4.78 is 5.59. The molecule has 4 aromatic rings. The van der Waals surface area contributed by atoms with E-state index in [0.717, 1.165) is 29.5 Å². The van der Waals surface area contributed by atoms with Crippen molar-refractivity contribution in [3.8, 4) is 28.5 Å². The van der Waals surface area contributed by atoms with Gasteiger partial charge in [0.05, 0.1) is 5.56 Å². The van der Waals surface area contributed by atoms with Crippen molar-refractivity contribution < 1.29 is 9.53 Å². The summed E-state index contributed by atoms with van der Waals surface area (Å²) in [5, 5.41) is 0. The molecule has 2 aromatic carbocycles. The fourth-order valence-electron chi connectivity index (χ4n) is 4.72. The molecule has 6 nitrogen and oxygen atoms in total. The summed E-state index contributed by atoms with van der Waals surface area (Å²) in [5.74, 6) is 1.37. The average Bonchev–Trinajstić information content (AvgIpc) is 3.02. The van der Waals surface area contributed by atoms with Crippen molar-refractivity contribution in [1.29, 1.82) is 0 Å². The molecular weight excluding hydrogens is 508 g/mol. The van der Waals surface area contributed by atoms with Gasteiger partial charge in [-0.25, -0.2) is 24.7 Å². The van der Waals surface area contributed by atoms with Crippen molar-refractivity contribution in [2.75, 3.05) is 0 Å². The fraction of sp³-hybridized carbons (Fsp3) is 0.400. The Kier molecular flexibility index (Phi) is 12.0. The van der Waals surface area contributed by atoms with Crippen LogP contribution in [0.3, 0.4) is 0 Å². The molecule has 214 valence electrons. The van der Waals surface area contributed by atoms with Crippen LogP contribution in [0.25, 0.3) is 22.8 Å². The Hall–Kier alpha value is -3.93. The fourth-order valence-corrected chi connectivity index (χ4v) is 4.72. The van der Waals surface area contributed by atoms with Gasteiger partial charge < -0.3 is 4.74 Å². The molecule has 0 aliphatic heterocycles. The van der Waals surface area contributed by atoms with Gasteiger partial charge in [0.1, 0.15) is 5.75 Å². The second-order valence-electron chi connectivity index (χ2n) is 10.6. The second kappa shape index (κ2) is 16.4. The van der Waals surface area contributed by atoms with Gasteiger partial charge in [0.25, 0.3) is 0 Å². The maximum Gasteiger partial charge on any atom is 0.343 e. The number of rotatable bonds is 16. The molecule has 0 spiro atoms. The monoisotopic (exact) mass is 550 g/mol. The van der Waals surface area contributed by atoms with E-state index in [1.807, 2.05) is 49.1 Å². The largest absolute Gasteiger partial charge is 0.423 e. The van der Waals surface area contributed by atoms with Gasteiger partial charge >= 0.3 is 5.97 Å². The number of benzene rings is 2. The van der Waals surface area contributed by atoms with Crippen LogP contribution in [0.2, 0.25) is 0 Å². The van der Waals surface area contributed by atoms with E-state index in [-0.39, 0.29) is 0 Å². The lowest BCUT2D eigenvalue weighted by Crippen LogP contribution is -2.08. The van der Waals surface area contributed by atoms with Gasteiger partial charge in [0, 0.05) is 35.9 Å². The number of aryl methyl sites for hydroxylation is 2. The molecule has 0 bridgehead atoms. The van der Waals surface area contributed by atoms with Crippen LogP contribution in [0.1, 0.15) is 99.5 Å². The lowest BCUT2D eigenvalue weighted by atomic mass is 10.1. The number of carbonyl (C=O) groups is 1. The molecular formula is C35H42N4O2. The first kappa shape index (κ1) is 30.0. The van der Waals surface area contributed by atoms with Crippen molar-refractivity contribution in [3.63, 3.8) is 0 Å². The molecule has 0 aliphatic rings. The minimum Gasteiger partial charge on any atom is -0.423 e. The first-order valence-electron chi connectivity index (χ1n) is 15.2. The van der Waals surface area contributed by atoms with E-state index in [0.29, 0.717) is 23.0 Å². The van der Waals surface area contributed by atoms with Crippen LogP contribution in [0, 0.1) is 0 Å². The molecule has 0 fully saturated rings. The molecule has 4 rings (SSSR count). The van der Waals surface area contributed by atoms with Gasteiger partial charge in [-0.1, -0.05) is 77.3 Å². The van der Waals surface area contributed by atoms with Crippen LogP contribution >= 0.6 is 0 Å². The van der Waals surface area contributed by atoms with Gasteiger partial charge in [0.15, 0.2) is 11.6 Å². The molecule has 0 amide bonds. The summed E-state index contributed by atoms with van der Waals surface area (Å²) in [5.41, 5.74) is 4.54. The number of nitrogens with zero attached hydrogens (tertiary/aromatic N) is 4. The Morgan fingerprint density at radius 1 is 0.561 bits per heavy atom. The predicted molar refractivity (Wildman–Crippen MR) is 165 cm³/mol. The van der Waals surface area contributed by atoms with E-state index in [4.69, 9.17) is 4.74 Å². The van der Waals surface area contributed by atoms with Crippen LogP contribution < -0.4 is 4.74 Å². The van der Waals surface area contributed by atoms with E-state index < -0.39 is 5.97 Å². The molecule has 2 heterocycles. The summed E-state index contributed by atoms with van der Waals surface area (Å²) in [6, 6.07) is 14.5. The van der Waals surface area contributed by atoms with Gasteiger partial charge in [-0.15, -0.1) is 0 Å². The zero-order valence-corrected chi connectivity index (χ0v) is 24.5. The van der Waals surface area contributed by atoms with Crippen LogP contribution in [0.15, 0.2) is 73.3 Å². The number of hydrogen-bond acceptors (Lipinski definition) is 6. The number of ether oxygens (including phenoxy) is 1. The highest BCUT2D eigenvalue weighted by molar-refractivity contribution is 5.91. The maximum absolute atomic E-state index is 12.7. The molecule has 41 heavy (non-hydrogen) atoms. The average molecular weight is 551 g/mol. The number of esters is 1. The smallest absolute Gasteiger partial charge is 0.343 e. The summed E-state index contributed by atoms with van der Waals surface area (Å²) in [6.07, 6.45) is 22.2. The highest BCUT2D eigenvalue weighted by Crippen LogP contribution is 2.22. The predicted octanol–water partition coefficient (Wildman–Crippen LogP) is 8.85. The molecule has 2 aromatic heterocycles. The molecule has 6 heteroatoms. The summed E-state index contributed by atoms with van der Waals surface area (Å²) >= 11 is 0. The highest BCUT2D eigenvalue weighted by atomic mass is 16.5. The van der Waals surface area contributed by atoms with Crippen LogP contribution in [0.4, 0.5) is 0 Å². The second-order valence-corrected chi connectivity index (χ2v) is 10.6. The van der Waals surface area contributed by atoms with Crippen LogP contribution in [0.5, 0.6) is 5.75 Å². The van der Waals surface area contributed by atoms with Gasteiger partial charge in [-0.3, -0.25) is 0 Å². The molecule has 0 saturated carbocycles. The quantitative estimate of drug-likeness (QED) is 0.0788. The molecule has 0 aliphatic carbocycles. The molecule has 0 unspecified atom stereocenters. The third-order valence-electron chi connectivity index (χ3n) is 7.25. The molecule has 0 N–H and O–H groups in total. The summed E-state index contributed by atoms with van der Waals surface area (Å²) in [6.45, 7) is 4.46. The Morgan fingerprint density at radius 3 is 1.41 bits per heavy atom. The Balaban J connectivity index is 1.26. The Labute approximate surface area is 244 Å². The van der Waals surface area contributed by atoms with E-state index >= 15 is 0 Å². The zero-order chi connectivity index (χ0) is 28.7. The summed E-state index contributed by atoms with van der Waals surface area (Å²) in [4.78, 5) is 30.9. The van der Waals surface area contributed by atoms with Crippen LogP contribution in [-0.2, 0) is 12.8 Å². The third kappa shape index (κ3) is 9.59. The SMILES string of the molecule is CCCCCCCc1cnc(-c2ccc(OC(=O)c3ccc(-c4ncc(CCCCCCC)cn4)cc3)cc2)nc1. The van der Waals surface area contributed by atoms with Crippen molar-refractivity contribution in [2.45, 2.75) is 90.9 Å². The third-order valence-corrected chi connectivity index (χ3v) is 7.25. The lowest BCUT2D eigenvalue weighted by molar-refractivity contribution is 0.0735. The Morgan fingerprint density at radius 2 is 0.976 bits per heavy atom. The van der Waals surface area contributed by atoms with Gasteiger partial charge in [-0.05, 0) is 73.2 Å². The van der Waals surface area contributed by atoms with Crippen molar-refractivity contribution in [1.82, 2.24) is 19.9 Å². The topological polar surface area (TPSA) is 77.9 Å². The van der Waals surface area contributed by atoms with E-state index in [2.05, 4.69) is 33.8 Å². The Bertz CT molecular complexity index is 1320. The zero-order valence-electron chi connectivity index (χ0n) is 24.5. The number of unbranched alkanes of at least 4 members (excludes halogenated alkanes) is 8. The highest BCUT2D eigenvalue weighted by Gasteiger charge is 2.11. The standard InChI is InChI=1S/C35H42N4O2/c1-3-5-7-9-11-13-27-23-36-33(37-24-27)29-15-17-31(18-16-29)35(40)41-32-21-19-30(20-22-32)34-38-25-28(26-39-34)14-12-10-8-6-4-2/h15-26H,3-14H2,1-2H3. The van der Waals surface area contributed by atoms with Crippen molar-refractivity contribution in [2.24, 2.45) is 0 Å². The van der Waals surface area contributed by atoms with Gasteiger partial charge in [0.2, 0.25) is 0 Å². The normalized spacial score (nSPS) is 11.0. The van der Waals surface area contributed by atoms with Crippen molar-refractivity contribution in [3.05, 3.63) is 90.0 Å².